The van der Waals surface area contributed by atoms with Crippen LogP contribution in [0.4, 0.5) is 11.4 Å². The van der Waals surface area contributed by atoms with E-state index in [4.69, 9.17) is 9.98 Å². The van der Waals surface area contributed by atoms with Crippen molar-refractivity contribution in [2.75, 3.05) is 5.32 Å². The number of amides is 2. The summed E-state index contributed by atoms with van der Waals surface area (Å²) < 4.78 is 0. The maximum Gasteiger partial charge on any atom is 0.259 e. The summed E-state index contributed by atoms with van der Waals surface area (Å²) in [5.74, 6) is 0.828. The summed E-state index contributed by atoms with van der Waals surface area (Å²) in [4.78, 5) is 37.7. The maximum atomic E-state index is 13.3. The lowest BCUT2D eigenvalue weighted by molar-refractivity contribution is -0.125. The Labute approximate surface area is 199 Å². The molecule has 2 atom stereocenters. The minimum atomic E-state index is -0.416. The van der Waals surface area contributed by atoms with E-state index < -0.39 is 11.3 Å². The zero-order valence-corrected chi connectivity index (χ0v) is 20.6. The van der Waals surface area contributed by atoms with Gasteiger partial charge in [0.1, 0.15) is 11.9 Å². The predicted octanol–water partition coefficient (Wildman–Crippen LogP) is 5.46. The van der Waals surface area contributed by atoms with Gasteiger partial charge in [-0.3, -0.25) is 14.6 Å². The number of anilines is 1. The predicted molar refractivity (Wildman–Crippen MR) is 136 cm³/mol. The van der Waals surface area contributed by atoms with Crippen molar-refractivity contribution in [2.45, 2.75) is 58.8 Å². The Bertz CT molecular complexity index is 1150. The Morgan fingerprint density at radius 2 is 1.94 bits per heavy atom. The van der Waals surface area contributed by atoms with Crippen LogP contribution in [0.3, 0.4) is 0 Å². The molecule has 6 nitrogen and oxygen atoms in total. The van der Waals surface area contributed by atoms with Gasteiger partial charge < -0.3 is 5.32 Å². The number of nitrogens with one attached hydrogen (secondary N) is 1. The number of nitrogens with zero attached hydrogens (tertiary/aromatic N) is 3. The van der Waals surface area contributed by atoms with E-state index in [-0.39, 0.29) is 11.8 Å². The second kappa shape index (κ2) is 9.51. The van der Waals surface area contributed by atoms with E-state index in [0.29, 0.717) is 29.8 Å². The number of fused-ring (bicyclic) bond motifs is 3. The van der Waals surface area contributed by atoms with E-state index >= 15 is 0 Å². The highest BCUT2D eigenvalue weighted by molar-refractivity contribution is 8.15. The van der Waals surface area contributed by atoms with E-state index in [2.05, 4.69) is 19.2 Å². The van der Waals surface area contributed by atoms with Crippen molar-refractivity contribution in [3.8, 4) is 0 Å². The van der Waals surface area contributed by atoms with E-state index in [1.807, 2.05) is 63.2 Å². The molecule has 33 heavy (non-hydrogen) atoms. The van der Waals surface area contributed by atoms with Gasteiger partial charge in [-0.2, -0.15) is 0 Å². The fraction of sp³-hybridized carbons (Fsp3) is 0.385. The minimum absolute atomic E-state index is 0.0655. The van der Waals surface area contributed by atoms with Gasteiger partial charge in [-0.15, -0.1) is 0 Å². The summed E-state index contributed by atoms with van der Waals surface area (Å²) in [7, 11) is 0. The second-order valence-electron chi connectivity index (χ2n) is 9.01. The highest BCUT2D eigenvalue weighted by atomic mass is 32.2. The normalized spacial score (nSPS) is 17.9. The molecule has 0 unspecified atom stereocenters. The molecule has 2 heterocycles. The Kier molecular flexibility index (Phi) is 6.70. The molecule has 1 N–H and O–H groups in total. The number of rotatable bonds is 6. The average molecular weight is 463 g/mol. The van der Waals surface area contributed by atoms with Crippen LogP contribution >= 0.6 is 11.8 Å². The fourth-order valence-electron chi connectivity index (χ4n) is 4.01. The molecule has 2 aliphatic rings. The second-order valence-corrected chi connectivity index (χ2v) is 10.2. The molecule has 2 aromatic rings. The van der Waals surface area contributed by atoms with Gasteiger partial charge in [-0.05, 0) is 61.9 Å². The number of hydrogen-bond acceptors (Lipinski definition) is 5. The van der Waals surface area contributed by atoms with E-state index in [0.717, 1.165) is 28.1 Å². The number of hydrogen-bond donors (Lipinski definition) is 1. The first-order valence-corrected chi connectivity index (χ1v) is 12.3. The Balaban J connectivity index is 1.62. The molecule has 0 aromatic heterocycles. The van der Waals surface area contributed by atoms with Crippen molar-refractivity contribution in [3.63, 3.8) is 0 Å². The Morgan fingerprint density at radius 1 is 1.18 bits per heavy atom. The standard InChI is InChI=1S/C26H30N4O2S/c1-6-22(24(31)28-20-14-16(4)11-12-17(20)5)33-26-29-19-10-8-7-9-18(19)23-27-21(13-15(2)3)25(32)30(23)26/h7-12,14-15,21-22H,6,13H2,1-5H3,(H,28,31)/t21-,22-/m0/s1. The molecule has 0 saturated carbocycles. The largest absolute Gasteiger partial charge is 0.325 e. The molecule has 0 fully saturated rings. The maximum absolute atomic E-state index is 13.3. The van der Waals surface area contributed by atoms with Crippen LogP contribution in [0.2, 0.25) is 0 Å². The zero-order valence-electron chi connectivity index (χ0n) is 19.8. The van der Waals surface area contributed by atoms with Crippen molar-refractivity contribution in [1.82, 2.24) is 4.90 Å². The lowest BCUT2D eigenvalue weighted by atomic mass is 10.0. The molecule has 2 aliphatic heterocycles. The number of para-hydroxylation sites is 1. The third-order valence-electron chi connectivity index (χ3n) is 5.80. The van der Waals surface area contributed by atoms with Crippen molar-refractivity contribution >= 4 is 46.0 Å². The Morgan fingerprint density at radius 3 is 2.67 bits per heavy atom. The van der Waals surface area contributed by atoms with Gasteiger partial charge in [0, 0.05) is 11.3 Å². The van der Waals surface area contributed by atoms with Gasteiger partial charge in [0.25, 0.3) is 5.91 Å². The number of carbonyl (C=O) groups excluding carboxylic acids is 2. The van der Waals surface area contributed by atoms with Crippen LogP contribution in [0.1, 0.15) is 50.3 Å². The lowest BCUT2D eigenvalue weighted by Crippen LogP contribution is -2.42. The molecule has 0 aliphatic carbocycles. The van der Waals surface area contributed by atoms with Crippen molar-refractivity contribution in [3.05, 3.63) is 59.2 Å². The number of benzene rings is 2. The van der Waals surface area contributed by atoms with E-state index in [9.17, 15) is 9.59 Å². The molecule has 172 valence electrons. The van der Waals surface area contributed by atoms with Crippen LogP contribution < -0.4 is 5.32 Å². The number of thioether (sulfide) groups is 1. The number of amidine groups is 2. The van der Waals surface area contributed by atoms with Gasteiger partial charge in [0.2, 0.25) is 5.91 Å². The third kappa shape index (κ3) is 4.74. The summed E-state index contributed by atoms with van der Waals surface area (Å²) in [5.41, 5.74) is 4.54. The van der Waals surface area contributed by atoms with Gasteiger partial charge >= 0.3 is 0 Å². The molecule has 0 radical (unpaired) electrons. The third-order valence-corrected chi connectivity index (χ3v) is 7.12. The summed E-state index contributed by atoms with van der Waals surface area (Å²) in [6.45, 7) is 10.1. The topological polar surface area (TPSA) is 74.1 Å². The van der Waals surface area contributed by atoms with E-state index in [1.165, 1.54) is 11.8 Å². The first kappa shape index (κ1) is 23.2. The monoisotopic (exact) mass is 462 g/mol. The first-order chi connectivity index (χ1) is 15.8. The molecule has 2 aromatic carbocycles. The fourth-order valence-corrected chi connectivity index (χ4v) is 5.03. The highest BCUT2D eigenvalue weighted by Gasteiger charge is 2.42. The molecular formula is C26H30N4O2S. The smallest absolute Gasteiger partial charge is 0.259 e. The summed E-state index contributed by atoms with van der Waals surface area (Å²) in [5, 5.41) is 3.19. The minimum Gasteiger partial charge on any atom is -0.325 e. The molecule has 0 saturated heterocycles. The quantitative estimate of drug-likeness (QED) is 0.620. The first-order valence-electron chi connectivity index (χ1n) is 11.4. The number of carbonyl (C=O) groups is 2. The van der Waals surface area contributed by atoms with Crippen molar-refractivity contribution in [2.24, 2.45) is 15.9 Å². The number of aliphatic imine (C=N–C) groups is 2. The van der Waals surface area contributed by atoms with Crippen molar-refractivity contribution < 1.29 is 9.59 Å². The number of aryl methyl sites for hydroxylation is 2. The molecular weight excluding hydrogens is 432 g/mol. The molecule has 0 bridgehead atoms. The molecule has 4 rings (SSSR count). The van der Waals surface area contributed by atoms with Crippen LogP contribution in [-0.2, 0) is 9.59 Å². The molecule has 2 amide bonds. The van der Waals surface area contributed by atoms with Gasteiger partial charge in [-0.1, -0.05) is 56.8 Å². The van der Waals surface area contributed by atoms with E-state index in [1.54, 1.807) is 4.90 Å². The van der Waals surface area contributed by atoms with Gasteiger partial charge in [-0.25, -0.2) is 9.89 Å². The summed E-state index contributed by atoms with van der Waals surface area (Å²) >= 11 is 1.33. The van der Waals surface area contributed by atoms with Gasteiger partial charge in [0.15, 0.2) is 5.17 Å². The summed E-state index contributed by atoms with van der Waals surface area (Å²) in [6, 6.07) is 13.3. The molecule has 7 heteroatoms. The summed E-state index contributed by atoms with van der Waals surface area (Å²) in [6.07, 6.45) is 1.29. The van der Waals surface area contributed by atoms with Crippen LogP contribution in [0, 0.1) is 19.8 Å². The lowest BCUT2D eigenvalue weighted by Gasteiger charge is -2.27. The Hall–Kier alpha value is -2.93. The zero-order chi connectivity index (χ0) is 23.7. The van der Waals surface area contributed by atoms with Crippen LogP contribution in [-0.4, -0.2) is 39.0 Å². The van der Waals surface area contributed by atoms with Crippen LogP contribution in [0.25, 0.3) is 0 Å². The van der Waals surface area contributed by atoms with Crippen LogP contribution in [0.5, 0.6) is 0 Å². The van der Waals surface area contributed by atoms with Crippen molar-refractivity contribution in [1.29, 1.82) is 0 Å². The highest BCUT2D eigenvalue weighted by Crippen LogP contribution is 2.36. The molecule has 0 spiro atoms. The average Bonchev–Trinajstić information content (AvgIpc) is 3.10. The van der Waals surface area contributed by atoms with Crippen LogP contribution in [0.15, 0.2) is 52.4 Å². The van der Waals surface area contributed by atoms with Gasteiger partial charge in [0.05, 0.1) is 10.9 Å². The SMILES string of the molecule is CC[C@H](SC1=Nc2ccccc2C2=N[C@@H](CC(C)C)C(=O)N12)C(=O)Nc1cc(C)ccc1C.